The van der Waals surface area contributed by atoms with Gasteiger partial charge in [0.1, 0.15) is 5.75 Å². The van der Waals surface area contributed by atoms with Gasteiger partial charge in [-0.3, -0.25) is 4.79 Å². The maximum absolute atomic E-state index is 11.8. The van der Waals surface area contributed by atoms with Crippen LogP contribution in [0.15, 0.2) is 24.3 Å². The second kappa shape index (κ2) is 4.47. The Hall–Kier alpha value is -1.31. The third-order valence-electron chi connectivity index (χ3n) is 3.14. The Kier molecular flexibility index (Phi) is 3.05. The molecule has 1 aromatic rings. The minimum Gasteiger partial charge on any atom is -0.508 e. The van der Waals surface area contributed by atoms with Gasteiger partial charge in [0.2, 0.25) is 0 Å². The summed E-state index contributed by atoms with van der Waals surface area (Å²) in [6.07, 6.45) is 5.61. The first-order valence-electron chi connectivity index (χ1n) is 5.58. The van der Waals surface area contributed by atoms with Crippen LogP contribution in [-0.2, 0) is 0 Å². The molecule has 0 saturated heterocycles. The smallest absolute Gasteiger partial charge is 0.163 e. The van der Waals surface area contributed by atoms with Gasteiger partial charge in [-0.1, -0.05) is 25.7 Å². The molecule has 80 valence electrons. The summed E-state index contributed by atoms with van der Waals surface area (Å²) in [7, 11) is 0. The average molecular weight is 204 g/mol. The third kappa shape index (κ3) is 2.58. The molecule has 1 aromatic carbocycles. The van der Waals surface area contributed by atoms with Crippen molar-refractivity contribution in [3.63, 3.8) is 0 Å². The van der Waals surface area contributed by atoms with Gasteiger partial charge in [-0.2, -0.15) is 0 Å². The highest BCUT2D eigenvalue weighted by atomic mass is 16.3. The van der Waals surface area contributed by atoms with Crippen LogP contribution in [-0.4, -0.2) is 10.9 Å². The number of aromatic hydroxyl groups is 1. The number of phenols is 1. The van der Waals surface area contributed by atoms with Gasteiger partial charge in [0.15, 0.2) is 5.78 Å². The van der Waals surface area contributed by atoms with Crippen molar-refractivity contribution in [2.45, 2.75) is 32.1 Å². The van der Waals surface area contributed by atoms with E-state index in [1.54, 1.807) is 24.3 Å². The topological polar surface area (TPSA) is 37.3 Å². The molecule has 1 aliphatic carbocycles. The Balaban J connectivity index is 1.98. The van der Waals surface area contributed by atoms with Gasteiger partial charge in [-0.05, 0) is 30.2 Å². The van der Waals surface area contributed by atoms with Crippen molar-refractivity contribution >= 4 is 5.78 Å². The SMILES string of the molecule is O=C(CC1CCCC1)c1ccc(O)cc1. The number of phenolic OH excluding ortho intramolecular Hbond substituents is 1. The van der Waals surface area contributed by atoms with E-state index in [9.17, 15) is 4.79 Å². The Morgan fingerprint density at radius 3 is 2.40 bits per heavy atom. The summed E-state index contributed by atoms with van der Waals surface area (Å²) >= 11 is 0. The summed E-state index contributed by atoms with van der Waals surface area (Å²) in [6.45, 7) is 0. The van der Waals surface area contributed by atoms with E-state index < -0.39 is 0 Å². The van der Waals surface area contributed by atoms with Crippen molar-refractivity contribution in [2.24, 2.45) is 5.92 Å². The lowest BCUT2D eigenvalue weighted by atomic mass is 9.97. The predicted molar refractivity (Wildman–Crippen MR) is 59.0 cm³/mol. The van der Waals surface area contributed by atoms with Gasteiger partial charge in [0, 0.05) is 12.0 Å². The summed E-state index contributed by atoms with van der Waals surface area (Å²) in [5.74, 6) is 1.01. The number of hydrogen-bond acceptors (Lipinski definition) is 2. The molecule has 0 aromatic heterocycles. The molecule has 1 fully saturated rings. The minimum absolute atomic E-state index is 0.210. The predicted octanol–water partition coefficient (Wildman–Crippen LogP) is 3.16. The number of benzene rings is 1. The first kappa shape index (κ1) is 10.2. The summed E-state index contributed by atoms with van der Waals surface area (Å²) in [5, 5.41) is 9.11. The molecule has 2 nitrogen and oxygen atoms in total. The summed E-state index contributed by atoms with van der Waals surface area (Å²) in [6, 6.07) is 6.54. The zero-order valence-corrected chi connectivity index (χ0v) is 8.78. The molecule has 1 N–H and O–H groups in total. The molecule has 0 radical (unpaired) electrons. The highest BCUT2D eigenvalue weighted by Gasteiger charge is 2.19. The van der Waals surface area contributed by atoms with Crippen molar-refractivity contribution in [3.8, 4) is 5.75 Å². The standard InChI is InChI=1S/C13H16O2/c14-12-7-5-11(6-8-12)13(15)9-10-3-1-2-4-10/h5-8,10,14H,1-4,9H2. The van der Waals surface area contributed by atoms with E-state index in [4.69, 9.17) is 5.11 Å². The monoisotopic (exact) mass is 204 g/mol. The van der Waals surface area contributed by atoms with Gasteiger partial charge in [-0.25, -0.2) is 0 Å². The second-order valence-corrected chi connectivity index (χ2v) is 4.32. The quantitative estimate of drug-likeness (QED) is 0.768. The van der Waals surface area contributed by atoms with Crippen molar-refractivity contribution in [1.82, 2.24) is 0 Å². The molecule has 0 unspecified atom stereocenters. The zero-order valence-electron chi connectivity index (χ0n) is 8.78. The van der Waals surface area contributed by atoms with Crippen LogP contribution in [0.25, 0.3) is 0 Å². The van der Waals surface area contributed by atoms with E-state index in [0.717, 1.165) is 5.56 Å². The molecule has 0 heterocycles. The lowest BCUT2D eigenvalue weighted by Gasteiger charge is -2.07. The fraction of sp³-hybridized carbons (Fsp3) is 0.462. The van der Waals surface area contributed by atoms with E-state index in [1.165, 1.54) is 25.7 Å². The molecule has 1 saturated carbocycles. The average Bonchev–Trinajstić information content (AvgIpc) is 2.71. The van der Waals surface area contributed by atoms with E-state index >= 15 is 0 Å². The molecule has 2 rings (SSSR count). The van der Waals surface area contributed by atoms with E-state index in [1.807, 2.05) is 0 Å². The second-order valence-electron chi connectivity index (χ2n) is 4.32. The molecule has 0 amide bonds. The minimum atomic E-state index is 0.210. The number of ketones is 1. The molecule has 15 heavy (non-hydrogen) atoms. The van der Waals surface area contributed by atoms with Crippen LogP contribution < -0.4 is 0 Å². The zero-order chi connectivity index (χ0) is 10.7. The van der Waals surface area contributed by atoms with Crippen molar-refractivity contribution in [2.75, 3.05) is 0 Å². The first-order valence-corrected chi connectivity index (χ1v) is 5.58. The number of Topliss-reactive ketones (excluding diaryl/α,β-unsaturated/α-hetero) is 1. The molecular formula is C13H16O2. The largest absolute Gasteiger partial charge is 0.508 e. The van der Waals surface area contributed by atoms with Crippen LogP contribution in [0.3, 0.4) is 0 Å². The van der Waals surface area contributed by atoms with Gasteiger partial charge in [-0.15, -0.1) is 0 Å². The number of rotatable bonds is 3. The van der Waals surface area contributed by atoms with Crippen LogP contribution in [0.4, 0.5) is 0 Å². The number of carbonyl (C=O) groups is 1. The maximum Gasteiger partial charge on any atom is 0.163 e. The van der Waals surface area contributed by atoms with Crippen LogP contribution in [0, 0.1) is 5.92 Å². The van der Waals surface area contributed by atoms with Crippen LogP contribution in [0.5, 0.6) is 5.75 Å². The first-order chi connectivity index (χ1) is 7.25. The van der Waals surface area contributed by atoms with Crippen molar-refractivity contribution < 1.29 is 9.90 Å². The van der Waals surface area contributed by atoms with E-state index in [0.29, 0.717) is 12.3 Å². The summed E-state index contributed by atoms with van der Waals surface area (Å²) in [4.78, 5) is 11.8. The highest BCUT2D eigenvalue weighted by molar-refractivity contribution is 5.96. The molecule has 0 aliphatic heterocycles. The van der Waals surface area contributed by atoms with Gasteiger partial charge in [0.05, 0.1) is 0 Å². The van der Waals surface area contributed by atoms with Gasteiger partial charge in [0.25, 0.3) is 0 Å². The van der Waals surface area contributed by atoms with Crippen LogP contribution in [0.2, 0.25) is 0 Å². The van der Waals surface area contributed by atoms with Crippen LogP contribution >= 0.6 is 0 Å². The summed E-state index contributed by atoms with van der Waals surface area (Å²) in [5.41, 5.74) is 0.722. The van der Waals surface area contributed by atoms with Gasteiger partial charge < -0.3 is 5.11 Å². The third-order valence-corrected chi connectivity index (χ3v) is 3.14. The Labute approximate surface area is 89.9 Å². The van der Waals surface area contributed by atoms with Gasteiger partial charge >= 0.3 is 0 Å². The molecule has 2 heteroatoms. The van der Waals surface area contributed by atoms with E-state index in [-0.39, 0.29) is 11.5 Å². The Bertz CT molecular complexity index is 334. The number of hydrogen-bond donors (Lipinski definition) is 1. The fourth-order valence-corrected chi connectivity index (χ4v) is 2.24. The lowest BCUT2D eigenvalue weighted by Crippen LogP contribution is -2.05. The molecule has 0 bridgehead atoms. The lowest BCUT2D eigenvalue weighted by molar-refractivity contribution is 0.0962. The number of carbonyl (C=O) groups excluding carboxylic acids is 1. The Morgan fingerprint density at radius 2 is 1.80 bits per heavy atom. The molecule has 1 aliphatic rings. The molecular weight excluding hydrogens is 188 g/mol. The van der Waals surface area contributed by atoms with Crippen molar-refractivity contribution in [3.05, 3.63) is 29.8 Å². The fourth-order valence-electron chi connectivity index (χ4n) is 2.24. The Morgan fingerprint density at radius 1 is 1.20 bits per heavy atom. The van der Waals surface area contributed by atoms with E-state index in [2.05, 4.69) is 0 Å². The highest BCUT2D eigenvalue weighted by Crippen LogP contribution is 2.28. The maximum atomic E-state index is 11.8. The molecule has 0 atom stereocenters. The van der Waals surface area contributed by atoms with Crippen molar-refractivity contribution in [1.29, 1.82) is 0 Å². The summed E-state index contributed by atoms with van der Waals surface area (Å²) < 4.78 is 0. The normalized spacial score (nSPS) is 16.8. The van der Waals surface area contributed by atoms with Crippen LogP contribution in [0.1, 0.15) is 42.5 Å². The molecule has 0 spiro atoms.